The molecule has 3 aliphatic rings. The Morgan fingerprint density at radius 3 is 2.63 bits per heavy atom. The molecule has 3 aliphatic heterocycles. The van der Waals surface area contributed by atoms with E-state index in [0.29, 0.717) is 69.2 Å². The molecule has 1 aromatic carbocycles. The molecule has 224 valence electrons. The molecule has 10 nitrogen and oxygen atoms in total. The molecule has 0 bridgehead atoms. The van der Waals surface area contributed by atoms with Gasteiger partial charge in [-0.25, -0.2) is 9.18 Å². The van der Waals surface area contributed by atoms with Gasteiger partial charge in [0, 0.05) is 43.8 Å². The van der Waals surface area contributed by atoms with E-state index in [4.69, 9.17) is 24.2 Å². The molecule has 2 aromatic rings. The number of amides is 1. The van der Waals surface area contributed by atoms with E-state index in [1.165, 1.54) is 6.07 Å². The Labute approximate surface area is 242 Å². The lowest BCUT2D eigenvalue weighted by Crippen LogP contribution is -2.55. The van der Waals surface area contributed by atoms with Crippen LogP contribution in [0.5, 0.6) is 11.8 Å². The maximum Gasteiger partial charge on any atom is 0.410 e. The summed E-state index contributed by atoms with van der Waals surface area (Å²) in [7, 11) is 3.67. The molecule has 0 radical (unpaired) electrons. The standard InChI is InChI=1S/C30H43FN6O4/c1-20-17-36(29(38)41-30(2,3)4)15-16-37(20)27-22-12-14-35(26-23(31)10-7-11-25(26)39-6)18-24(22)32-28(33-27)40-19-21-9-8-13-34(21)5/h7,10-11,20-21H,8-9,12-19H2,1-6H3/t20-,21-/m0/s1. The second kappa shape index (κ2) is 11.9. The number of carbonyl (C=O) groups is 1. The number of benzene rings is 1. The summed E-state index contributed by atoms with van der Waals surface area (Å²) in [6.07, 6.45) is 2.58. The minimum Gasteiger partial charge on any atom is -0.494 e. The molecule has 0 N–H and O–H groups in total. The Morgan fingerprint density at radius 1 is 1.15 bits per heavy atom. The van der Waals surface area contributed by atoms with Gasteiger partial charge in [0.15, 0.2) is 0 Å². The highest BCUT2D eigenvalue weighted by Gasteiger charge is 2.34. The second-order valence-electron chi connectivity index (χ2n) is 12.3. The first-order valence-electron chi connectivity index (χ1n) is 14.6. The van der Waals surface area contributed by atoms with Gasteiger partial charge in [-0.05, 0) is 72.7 Å². The van der Waals surface area contributed by atoms with Gasteiger partial charge in [0.25, 0.3) is 0 Å². The van der Waals surface area contributed by atoms with E-state index < -0.39 is 5.60 Å². The van der Waals surface area contributed by atoms with E-state index in [1.54, 1.807) is 24.1 Å². The van der Waals surface area contributed by atoms with Crippen LogP contribution in [0.1, 0.15) is 51.8 Å². The molecule has 2 fully saturated rings. The number of hydrogen-bond acceptors (Lipinski definition) is 9. The second-order valence-corrected chi connectivity index (χ2v) is 12.3. The van der Waals surface area contributed by atoms with Crippen molar-refractivity contribution in [1.82, 2.24) is 19.8 Å². The van der Waals surface area contributed by atoms with Gasteiger partial charge < -0.3 is 33.8 Å². The van der Waals surface area contributed by atoms with Crippen LogP contribution in [0.3, 0.4) is 0 Å². The molecule has 11 heteroatoms. The summed E-state index contributed by atoms with van der Waals surface area (Å²) in [5.74, 6) is 1.01. The predicted molar refractivity (Wildman–Crippen MR) is 155 cm³/mol. The monoisotopic (exact) mass is 570 g/mol. The van der Waals surface area contributed by atoms with Gasteiger partial charge in [-0.1, -0.05) is 6.07 Å². The minimum absolute atomic E-state index is 0.00813. The Kier molecular flexibility index (Phi) is 8.45. The van der Waals surface area contributed by atoms with E-state index in [1.807, 2.05) is 25.7 Å². The SMILES string of the molecule is COc1cccc(F)c1N1CCc2c(nc(OC[C@@H]3CCCN3C)nc2N2CCN(C(=O)OC(C)(C)C)C[C@@H]2C)C1. The molecule has 1 amide bonds. The highest BCUT2D eigenvalue weighted by Crippen LogP contribution is 2.37. The Morgan fingerprint density at radius 2 is 1.95 bits per heavy atom. The molecule has 1 aromatic heterocycles. The van der Waals surface area contributed by atoms with E-state index in [2.05, 4.69) is 23.8 Å². The van der Waals surface area contributed by atoms with Crippen LogP contribution in [0.2, 0.25) is 0 Å². The average Bonchev–Trinajstić information content (AvgIpc) is 3.34. The van der Waals surface area contributed by atoms with Gasteiger partial charge in [0.05, 0.1) is 19.3 Å². The number of carbonyl (C=O) groups excluding carboxylic acids is 1. The first kappa shape index (κ1) is 29.2. The molecule has 5 rings (SSSR count). The minimum atomic E-state index is -0.546. The smallest absolute Gasteiger partial charge is 0.410 e. The van der Waals surface area contributed by atoms with Crippen LogP contribution in [-0.2, 0) is 17.7 Å². The third kappa shape index (κ3) is 6.45. The van der Waals surface area contributed by atoms with E-state index in [-0.39, 0.29) is 18.0 Å². The molecule has 0 saturated carbocycles. The number of fused-ring (bicyclic) bond motifs is 1. The van der Waals surface area contributed by atoms with Crippen LogP contribution in [0.15, 0.2) is 18.2 Å². The zero-order valence-electron chi connectivity index (χ0n) is 25.2. The zero-order valence-corrected chi connectivity index (χ0v) is 25.2. The van der Waals surface area contributed by atoms with Crippen LogP contribution >= 0.6 is 0 Å². The number of rotatable bonds is 6. The summed E-state index contributed by atoms with van der Waals surface area (Å²) in [6.45, 7) is 12.0. The largest absolute Gasteiger partial charge is 0.494 e. The van der Waals surface area contributed by atoms with Crippen molar-refractivity contribution >= 4 is 17.6 Å². The number of halogens is 1. The molecule has 2 atom stereocenters. The van der Waals surface area contributed by atoms with Crippen molar-refractivity contribution < 1.29 is 23.4 Å². The van der Waals surface area contributed by atoms with Gasteiger partial charge in [-0.2, -0.15) is 9.97 Å². The summed E-state index contributed by atoms with van der Waals surface area (Å²) in [6, 6.07) is 5.56. The molecular weight excluding hydrogens is 527 g/mol. The molecule has 0 unspecified atom stereocenters. The van der Waals surface area contributed by atoms with Crippen LogP contribution in [0, 0.1) is 5.82 Å². The molecule has 41 heavy (non-hydrogen) atoms. The lowest BCUT2D eigenvalue weighted by Gasteiger charge is -2.42. The molecule has 0 aliphatic carbocycles. The van der Waals surface area contributed by atoms with Gasteiger partial charge in [-0.3, -0.25) is 0 Å². The quantitative estimate of drug-likeness (QED) is 0.510. The number of hydrogen-bond donors (Lipinski definition) is 0. The summed E-state index contributed by atoms with van der Waals surface area (Å²) < 4.78 is 32.3. The summed E-state index contributed by atoms with van der Waals surface area (Å²) in [4.78, 5) is 30.9. The number of para-hydroxylation sites is 1. The van der Waals surface area contributed by atoms with Gasteiger partial charge in [0.1, 0.15) is 35.3 Å². The third-order valence-corrected chi connectivity index (χ3v) is 8.14. The average molecular weight is 571 g/mol. The van der Waals surface area contributed by atoms with Crippen LogP contribution in [0.25, 0.3) is 0 Å². The number of nitrogens with zero attached hydrogens (tertiary/aromatic N) is 6. The predicted octanol–water partition coefficient (Wildman–Crippen LogP) is 4.11. The van der Waals surface area contributed by atoms with Crippen molar-refractivity contribution in [2.75, 3.05) is 63.3 Å². The number of aromatic nitrogens is 2. The Bertz CT molecular complexity index is 1250. The number of likely N-dealkylation sites (N-methyl/N-ethyl adjacent to an activating group) is 1. The van der Waals surface area contributed by atoms with Crippen LogP contribution < -0.4 is 19.3 Å². The molecule has 0 spiro atoms. The van der Waals surface area contributed by atoms with E-state index >= 15 is 0 Å². The number of likely N-dealkylation sites (tertiary alicyclic amines) is 1. The maximum absolute atomic E-state index is 15.0. The molecule has 4 heterocycles. The van der Waals surface area contributed by atoms with E-state index in [9.17, 15) is 9.18 Å². The fourth-order valence-electron chi connectivity index (χ4n) is 5.97. The summed E-state index contributed by atoms with van der Waals surface area (Å²) in [5, 5.41) is 0. The van der Waals surface area contributed by atoms with Crippen molar-refractivity contribution in [2.45, 2.75) is 71.2 Å². The first-order valence-corrected chi connectivity index (χ1v) is 14.6. The topological polar surface area (TPSA) is 83.5 Å². The lowest BCUT2D eigenvalue weighted by atomic mass is 10.0. The number of ether oxygens (including phenoxy) is 3. The fraction of sp³-hybridized carbons (Fsp3) is 0.633. The highest BCUT2D eigenvalue weighted by atomic mass is 19.1. The van der Waals surface area contributed by atoms with Crippen molar-refractivity contribution in [3.05, 3.63) is 35.3 Å². The van der Waals surface area contributed by atoms with Crippen LogP contribution in [0.4, 0.5) is 20.7 Å². The van der Waals surface area contributed by atoms with Gasteiger partial charge in [-0.15, -0.1) is 0 Å². The number of piperazine rings is 1. The maximum atomic E-state index is 15.0. The Balaban J connectivity index is 1.42. The summed E-state index contributed by atoms with van der Waals surface area (Å²) in [5.41, 5.74) is 1.76. The van der Waals surface area contributed by atoms with E-state index in [0.717, 1.165) is 36.5 Å². The first-order chi connectivity index (χ1) is 19.5. The normalized spacial score (nSPS) is 21.6. The van der Waals surface area contributed by atoms with Crippen molar-refractivity contribution in [2.24, 2.45) is 0 Å². The third-order valence-electron chi connectivity index (χ3n) is 8.14. The fourth-order valence-corrected chi connectivity index (χ4v) is 5.97. The molecule has 2 saturated heterocycles. The number of methoxy groups -OCH3 is 1. The summed E-state index contributed by atoms with van der Waals surface area (Å²) >= 11 is 0. The van der Waals surface area contributed by atoms with Crippen molar-refractivity contribution in [3.63, 3.8) is 0 Å². The van der Waals surface area contributed by atoms with Crippen molar-refractivity contribution in [3.8, 4) is 11.8 Å². The highest BCUT2D eigenvalue weighted by molar-refractivity contribution is 5.69. The number of anilines is 2. The van der Waals surface area contributed by atoms with Gasteiger partial charge >= 0.3 is 12.1 Å². The van der Waals surface area contributed by atoms with Crippen LogP contribution in [-0.4, -0.2) is 97.0 Å². The zero-order chi connectivity index (χ0) is 29.3. The Hall–Kier alpha value is -3.34. The molecular formula is C30H43FN6O4. The van der Waals surface area contributed by atoms with Crippen molar-refractivity contribution in [1.29, 1.82) is 0 Å². The van der Waals surface area contributed by atoms with Gasteiger partial charge in [0.2, 0.25) is 0 Å². The lowest BCUT2D eigenvalue weighted by molar-refractivity contribution is 0.0218.